The van der Waals surface area contributed by atoms with Crippen LogP contribution in [0.5, 0.6) is 5.75 Å². The van der Waals surface area contributed by atoms with Gasteiger partial charge in [-0.2, -0.15) is 0 Å². The molecule has 0 spiro atoms. The zero-order valence-electron chi connectivity index (χ0n) is 12.8. The Morgan fingerprint density at radius 3 is 2.48 bits per heavy atom. The van der Waals surface area contributed by atoms with Crippen molar-refractivity contribution in [3.8, 4) is 5.75 Å². The molecule has 1 unspecified atom stereocenters. The lowest BCUT2D eigenvalue weighted by Crippen LogP contribution is -2.39. The van der Waals surface area contributed by atoms with E-state index in [0.717, 1.165) is 37.2 Å². The van der Waals surface area contributed by atoms with Gasteiger partial charge in [0.05, 0.1) is 26.3 Å². The van der Waals surface area contributed by atoms with Gasteiger partial charge in [0.15, 0.2) is 0 Å². The predicted octanol–water partition coefficient (Wildman–Crippen LogP) is 1.28. The van der Waals surface area contributed by atoms with Gasteiger partial charge in [0, 0.05) is 13.1 Å². The molecule has 1 aromatic carbocycles. The number of rotatable bonds is 6. The molecule has 1 atom stereocenters. The van der Waals surface area contributed by atoms with E-state index in [0.29, 0.717) is 6.54 Å². The Labute approximate surface area is 126 Å². The molecule has 1 fully saturated rings. The standard InChI is InChI=1S/C16H24N2O3/c1-17(11-16(20)18-9-3-4-10-18)15(12-19)13-5-7-14(21-2)8-6-13/h5-8,15,19H,3-4,9-12H2,1-2H3. The fourth-order valence-corrected chi connectivity index (χ4v) is 2.72. The number of carbonyl (C=O) groups excluding carboxylic acids is 1. The number of amides is 1. The average molecular weight is 292 g/mol. The summed E-state index contributed by atoms with van der Waals surface area (Å²) in [6.07, 6.45) is 2.19. The van der Waals surface area contributed by atoms with Crippen LogP contribution in [0.3, 0.4) is 0 Å². The number of nitrogens with zero attached hydrogens (tertiary/aromatic N) is 2. The van der Waals surface area contributed by atoms with Crippen LogP contribution in [0.1, 0.15) is 24.4 Å². The molecule has 1 aliphatic heterocycles. The number of methoxy groups -OCH3 is 1. The first kappa shape index (κ1) is 15.8. The second-order valence-corrected chi connectivity index (χ2v) is 5.47. The molecular formula is C16H24N2O3. The quantitative estimate of drug-likeness (QED) is 0.858. The normalized spacial score (nSPS) is 16.3. The SMILES string of the molecule is COc1ccc(C(CO)N(C)CC(=O)N2CCCC2)cc1. The van der Waals surface area contributed by atoms with Crippen molar-refractivity contribution in [2.75, 3.05) is 40.4 Å². The molecule has 5 nitrogen and oxygen atoms in total. The summed E-state index contributed by atoms with van der Waals surface area (Å²) in [5, 5.41) is 9.66. The molecule has 0 radical (unpaired) electrons. The molecule has 2 rings (SSSR count). The van der Waals surface area contributed by atoms with Gasteiger partial charge < -0.3 is 14.7 Å². The largest absolute Gasteiger partial charge is 0.497 e. The van der Waals surface area contributed by atoms with Gasteiger partial charge in [-0.15, -0.1) is 0 Å². The number of carbonyl (C=O) groups is 1. The van der Waals surface area contributed by atoms with Crippen LogP contribution in [-0.2, 0) is 4.79 Å². The Hall–Kier alpha value is -1.59. The summed E-state index contributed by atoms with van der Waals surface area (Å²) in [6, 6.07) is 7.41. The Bertz CT molecular complexity index is 455. The van der Waals surface area contributed by atoms with Crippen LogP contribution in [-0.4, -0.2) is 61.2 Å². The highest BCUT2D eigenvalue weighted by atomic mass is 16.5. The van der Waals surface area contributed by atoms with E-state index in [1.165, 1.54) is 0 Å². The molecule has 0 bridgehead atoms. The molecule has 5 heteroatoms. The lowest BCUT2D eigenvalue weighted by atomic mass is 10.1. The molecule has 21 heavy (non-hydrogen) atoms. The van der Waals surface area contributed by atoms with Crippen molar-refractivity contribution in [1.82, 2.24) is 9.80 Å². The summed E-state index contributed by atoms with van der Waals surface area (Å²) in [5.41, 5.74) is 0.982. The summed E-state index contributed by atoms with van der Waals surface area (Å²) in [5.74, 6) is 0.924. The van der Waals surface area contributed by atoms with Gasteiger partial charge in [0.2, 0.25) is 5.91 Å². The summed E-state index contributed by atoms with van der Waals surface area (Å²) < 4.78 is 5.14. The Balaban J connectivity index is 1.99. The smallest absolute Gasteiger partial charge is 0.236 e. The highest BCUT2D eigenvalue weighted by molar-refractivity contribution is 5.78. The van der Waals surface area contributed by atoms with Gasteiger partial charge in [-0.1, -0.05) is 12.1 Å². The first-order chi connectivity index (χ1) is 10.2. The molecule has 1 aliphatic rings. The first-order valence-corrected chi connectivity index (χ1v) is 7.38. The van der Waals surface area contributed by atoms with E-state index in [1.54, 1.807) is 7.11 Å². The van der Waals surface area contributed by atoms with Crippen LogP contribution >= 0.6 is 0 Å². The third-order valence-electron chi connectivity index (χ3n) is 4.05. The van der Waals surface area contributed by atoms with E-state index in [1.807, 2.05) is 41.1 Å². The minimum Gasteiger partial charge on any atom is -0.497 e. The number of aliphatic hydroxyl groups is 1. The van der Waals surface area contributed by atoms with Gasteiger partial charge in [-0.05, 0) is 37.6 Å². The number of benzene rings is 1. The van der Waals surface area contributed by atoms with Crippen molar-refractivity contribution in [3.63, 3.8) is 0 Å². The van der Waals surface area contributed by atoms with Gasteiger partial charge in [0.25, 0.3) is 0 Å². The lowest BCUT2D eigenvalue weighted by Gasteiger charge is -2.28. The molecule has 116 valence electrons. The molecule has 0 saturated carbocycles. The summed E-state index contributed by atoms with van der Waals surface area (Å²) in [7, 11) is 3.50. The number of likely N-dealkylation sites (tertiary alicyclic amines) is 1. The monoisotopic (exact) mass is 292 g/mol. The molecule has 0 aromatic heterocycles. The van der Waals surface area contributed by atoms with Crippen molar-refractivity contribution < 1.29 is 14.6 Å². The maximum absolute atomic E-state index is 12.2. The number of ether oxygens (including phenoxy) is 1. The molecule has 1 aromatic rings. The van der Waals surface area contributed by atoms with E-state index in [2.05, 4.69) is 0 Å². The van der Waals surface area contributed by atoms with Crippen molar-refractivity contribution in [2.24, 2.45) is 0 Å². The molecule has 1 N–H and O–H groups in total. The van der Waals surface area contributed by atoms with E-state index in [9.17, 15) is 9.90 Å². The summed E-state index contributed by atoms with van der Waals surface area (Å²) in [4.78, 5) is 16.0. The molecule has 1 saturated heterocycles. The molecule has 0 aliphatic carbocycles. The van der Waals surface area contributed by atoms with Crippen molar-refractivity contribution in [2.45, 2.75) is 18.9 Å². The number of aliphatic hydroxyl groups excluding tert-OH is 1. The van der Waals surface area contributed by atoms with Crippen LogP contribution in [0.15, 0.2) is 24.3 Å². The lowest BCUT2D eigenvalue weighted by molar-refractivity contribution is -0.131. The van der Waals surface area contributed by atoms with Crippen molar-refractivity contribution in [3.05, 3.63) is 29.8 Å². The van der Waals surface area contributed by atoms with E-state index < -0.39 is 0 Å². The van der Waals surface area contributed by atoms with Gasteiger partial charge in [-0.25, -0.2) is 0 Å². The zero-order valence-corrected chi connectivity index (χ0v) is 12.8. The Morgan fingerprint density at radius 2 is 1.95 bits per heavy atom. The fourth-order valence-electron chi connectivity index (χ4n) is 2.72. The van der Waals surface area contributed by atoms with Gasteiger partial charge in [-0.3, -0.25) is 9.69 Å². The van der Waals surface area contributed by atoms with Crippen LogP contribution in [0, 0.1) is 0 Å². The third-order valence-corrected chi connectivity index (χ3v) is 4.05. The summed E-state index contributed by atoms with van der Waals surface area (Å²) >= 11 is 0. The van der Waals surface area contributed by atoms with E-state index in [4.69, 9.17) is 4.74 Å². The van der Waals surface area contributed by atoms with Crippen molar-refractivity contribution in [1.29, 1.82) is 0 Å². The number of hydrogen-bond acceptors (Lipinski definition) is 4. The molecular weight excluding hydrogens is 268 g/mol. The molecule has 1 amide bonds. The van der Waals surface area contributed by atoms with Gasteiger partial charge in [0.1, 0.15) is 5.75 Å². The second kappa shape index (κ2) is 7.43. The second-order valence-electron chi connectivity index (χ2n) is 5.47. The third kappa shape index (κ3) is 3.95. The highest BCUT2D eigenvalue weighted by Crippen LogP contribution is 2.22. The van der Waals surface area contributed by atoms with Crippen LogP contribution < -0.4 is 4.74 Å². The van der Waals surface area contributed by atoms with Gasteiger partial charge >= 0.3 is 0 Å². The molecule has 1 heterocycles. The minimum atomic E-state index is -0.178. The number of hydrogen-bond donors (Lipinski definition) is 1. The van der Waals surface area contributed by atoms with Crippen LogP contribution in [0.2, 0.25) is 0 Å². The van der Waals surface area contributed by atoms with E-state index >= 15 is 0 Å². The Kier molecular flexibility index (Phi) is 5.59. The predicted molar refractivity (Wildman–Crippen MR) is 81.3 cm³/mol. The van der Waals surface area contributed by atoms with Crippen LogP contribution in [0.4, 0.5) is 0 Å². The zero-order chi connectivity index (χ0) is 15.2. The topological polar surface area (TPSA) is 53.0 Å². The number of likely N-dealkylation sites (N-methyl/N-ethyl adjacent to an activating group) is 1. The Morgan fingerprint density at radius 1 is 1.33 bits per heavy atom. The van der Waals surface area contributed by atoms with E-state index in [-0.39, 0.29) is 18.6 Å². The summed E-state index contributed by atoms with van der Waals surface area (Å²) in [6.45, 7) is 2.03. The highest BCUT2D eigenvalue weighted by Gasteiger charge is 2.23. The van der Waals surface area contributed by atoms with Crippen LogP contribution in [0.25, 0.3) is 0 Å². The first-order valence-electron chi connectivity index (χ1n) is 7.38. The maximum Gasteiger partial charge on any atom is 0.236 e. The maximum atomic E-state index is 12.2. The minimum absolute atomic E-state index is 0.0177. The van der Waals surface area contributed by atoms with Crippen molar-refractivity contribution >= 4 is 5.91 Å². The fraction of sp³-hybridized carbons (Fsp3) is 0.562. The average Bonchev–Trinajstić information content (AvgIpc) is 3.03.